The Balaban J connectivity index is 4.08. The molecule has 0 rings (SSSR count). The van der Waals surface area contributed by atoms with Gasteiger partial charge in [0, 0.05) is 6.42 Å². The number of hydrogen-bond donors (Lipinski definition) is 1. The van der Waals surface area contributed by atoms with Crippen LogP contribution in [0.5, 0.6) is 0 Å². The van der Waals surface area contributed by atoms with Gasteiger partial charge in [-0.15, -0.1) is 12.3 Å². The van der Waals surface area contributed by atoms with E-state index in [2.05, 4.69) is 15.4 Å². The molecule has 2 unspecified atom stereocenters. The summed E-state index contributed by atoms with van der Waals surface area (Å²) in [4.78, 5) is 34.1. The second kappa shape index (κ2) is 10.6. The van der Waals surface area contributed by atoms with Crippen LogP contribution >= 0.6 is 0 Å². The second-order valence-corrected chi connectivity index (χ2v) is 4.69. The van der Waals surface area contributed by atoms with Crippen molar-refractivity contribution in [3.05, 3.63) is 0 Å². The van der Waals surface area contributed by atoms with Crippen LogP contribution in [0.2, 0.25) is 0 Å². The number of hydrogen-bond acceptors (Lipinski definition) is 7. The van der Waals surface area contributed by atoms with Crippen LogP contribution in [0.25, 0.3) is 0 Å². The molecule has 0 saturated heterocycles. The Bertz CT molecular complexity index is 422. The number of terminal acetylenes is 1. The van der Waals surface area contributed by atoms with E-state index in [-0.39, 0.29) is 13.0 Å². The summed E-state index contributed by atoms with van der Waals surface area (Å²) in [5, 5.41) is 8.97. The molecule has 1 N–H and O–H groups in total. The fraction of sp³-hybridized carbons (Fsp3) is 0.667. The van der Waals surface area contributed by atoms with Gasteiger partial charge in [0.1, 0.15) is 6.10 Å². The number of rotatable bonds is 9. The summed E-state index contributed by atoms with van der Waals surface area (Å²) in [5.74, 6) is -0.0581. The lowest BCUT2D eigenvalue weighted by Crippen LogP contribution is -2.31. The van der Waals surface area contributed by atoms with Crippen LogP contribution in [0, 0.1) is 18.3 Å². The number of carbonyl (C=O) groups is 3. The van der Waals surface area contributed by atoms with Crippen LogP contribution in [0.3, 0.4) is 0 Å². The summed E-state index contributed by atoms with van der Waals surface area (Å²) in [6, 6.07) is 0. The fourth-order valence-corrected chi connectivity index (χ4v) is 1.55. The van der Waals surface area contributed by atoms with Gasteiger partial charge in [-0.1, -0.05) is 0 Å². The van der Waals surface area contributed by atoms with E-state index >= 15 is 0 Å². The van der Waals surface area contributed by atoms with Crippen LogP contribution < -0.4 is 0 Å². The minimum atomic E-state index is -1.31. The molecule has 3 atom stereocenters. The number of ether oxygens (including phenoxy) is 3. The van der Waals surface area contributed by atoms with E-state index in [4.69, 9.17) is 16.3 Å². The first-order valence-electron chi connectivity index (χ1n) is 6.90. The van der Waals surface area contributed by atoms with Crippen molar-refractivity contribution in [2.75, 3.05) is 13.7 Å². The number of esters is 3. The summed E-state index contributed by atoms with van der Waals surface area (Å²) in [6.45, 7) is 2.64. The topological polar surface area (TPSA) is 99.1 Å². The Morgan fingerprint density at radius 1 is 1.18 bits per heavy atom. The molecular weight excluding hydrogens is 292 g/mol. The van der Waals surface area contributed by atoms with Gasteiger partial charge in [0.15, 0.2) is 6.10 Å². The lowest BCUT2D eigenvalue weighted by molar-refractivity contribution is -0.171. The number of carbonyl (C=O) groups excluding carboxylic acids is 3. The van der Waals surface area contributed by atoms with E-state index in [0.717, 1.165) is 0 Å². The largest absolute Gasteiger partial charge is 0.469 e. The predicted molar refractivity (Wildman–Crippen MR) is 76.4 cm³/mol. The third-order valence-corrected chi connectivity index (χ3v) is 2.81. The third kappa shape index (κ3) is 7.64. The lowest BCUT2D eigenvalue weighted by atomic mass is 10.0. The van der Waals surface area contributed by atoms with Crippen molar-refractivity contribution in [2.45, 2.75) is 45.3 Å². The molecule has 0 radical (unpaired) electrons. The van der Waals surface area contributed by atoms with Crippen LogP contribution in [0.1, 0.15) is 33.1 Å². The molecule has 7 heteroatoms. The van der Waals surface area contributed by atoms with Gasteiger partial charge < -0.3 is 19.3 Å². The Morgan fingerprint density at radius 3 is 2.32 bits per heavy atom. The predicted octanol–water partition coefficient (Wildman–Crippen LogP) is 0.435. The van der Waals surface area contributed by atoms with Crippen molar-refractivity contribution in [1.82, 2.24) is 0 Å². The molecular formula is C15H22O7. The second-order valence-electron chi connectivity index (χ2n) is 4.69. The van der Waals surface area contributed by atoms with Crippen molar-refractivity contribution < 1.29 is 33.7 Å². The molecule has 0 amide bonds. The van der Waals surface area contributed by atoms with E-state index in [9.17, 15) is 14.4 Å². The normalized spacial score (nSPS) is 14.1. The highest BCUT2D eigenvalue weighted by molar-refractivity contribution is 5.80. The molecule has 0 aromatic heterocycles. The van der Waals surface area contributed by atoms with Gasteiger partial charge in [0.25, 0.3) is 0 Å². The summed E-state index contributed by atoms with van der Waals surface area (Å²) in [7, 11) is 1.28. The molecule has 124 valence electrons. The van der Waals surface area contributed by atoms with E-state index in [1.54, 1.807) is 0 Å². The molecule has 22 heavy (non-hydrogen) atoms. The molecule has 0 aliphatic carbocycles. The Hall–Kier alpha value is -2.07. The number of aliphatic hydroxyl groups is 1. The van der Waals surface area contributed by atoms with Crippen molar-refractivity contribution in [3.63, 3.8) is 0 Å². The highest BCUT2D eigenvalue weighted by atomic mass is 16.6. The molecule has 0 aromatic carbocycles. The summed E-state index contributed by atoms with van der Waals surface area (Å²) >= 11 is 0. The Labute approximate surface area is 129 Å². The summed E-state index contributed by atoms with van der Waals surface area (Å²) in [5.41, 5.74) is 0. The maximum absolute atomic E-state index is 11.6. The third-order valence-electron chi connectivity index (χ3n) is 2.81. The molecule has 0 aliphatic heterocycles. The monoisotopic (exact) mass is 314 g/mol. The van der Waals surface area contributed by atoms with Crippen LogP contribution in [0.15, 0.2) is 0 Å². The molecule has 0 aliphatic rings. The maximum atomic E-state index is 11.6. The number of aliphatic hydroxyl groups excluding tert-OH is 1. The first-order valence-corrected chi connectivity index (χ1v) is 6.90. The molecule has 0 heterocycles. The van der Waals surface area contributed by atoms with Crippen molar-refractivity contribution in [3.8, 4) is 12.3 Å². The smallest absolute Gasteiger partial charge is 0.347 e. The molecule has 7 nitrogen and oxygen atoms in total. The van der Waals surface area contributed by atoms with Gasteiger partial charge in [-0.05, 0) is 26.7 Å². The first kappa shape index (κ1) is 19.9. The molecule has 0 bridgehead atoms. The average molecular weight is 314 g/mol. The van der Waals surface area contributed by atoms with Gasteiger partial charge in [0.05, 0.1) is 19.6 Å². The van der Waals surface area contributed by atoms with Crippen molar-refractivity contribution in [1.29, 1.82) is 0 Å². The minimum Gasteiger partial charge on any atom is -0.469 e. The molecule has 0 fully saturated rings. The van der Waals surface area contributed by atoms with Gasteiger partial charge >= 0.3 is 17.9 Å². The van der Waals surface area contributed by atoms with Crippen molar-refractivity contribution >= 4 is 17.9 Å². The van der Waals surface area contributed by atoms with Gasteiger partial charge in [-0.25, -0.2) is 9.59 Å². The zero-order valence-corrected chi connectivity index (χ0v) is 13.0. The van der Waals surface area contributed by atoms with Gasteiger partial charge in [-0.2, -0.15) is 0 Å². The molecule has 0 aromatic rings. The van der Waals surface area contributed by atoms with Crippen LogP contribution in [0.4, 0.5) is 0 Å². The van der Waals surface area contributed by atoms with Crippen LogP contribution in [-0.4, -0.2) is 48.9 Å². The lowest BCUT2D eigenvalue weighted by Gasteiger charge is -2.15. The zero-order valence-electron chi connectivity index (χ0n) is 13.0. The average Bonchev–Trinajstić information content (AvgIpc) is 2.48. The SMILES string of the molecule is C#CC[C@H](CCCOC(=O)C(C)OC(=O)C(C)O)C(=O)OC. The fourth-order valence-electron chi connectivity index (χ4n) is 1.55. The van der Waals surface area contributed by atoms with Crippen molar-refractivity contribution in [2.24, 2.45) is 5.92 Å². The highest BCUT2D eigenvalue weighted by Crippen LogP contribution is 2.13. The molecule has 0 spiro atoms. The maximum Gasteiger partial charge on any atom is 0.347 e. The van der Waals surface area contributed by atoms with E-state index in [1.165, 1.54) is 21.0 Å². The first-order chi connectivity index (χ1) is 10.3. The van der Waals surface area contributed by atoms with E-state index < -0.39 is 36.0 Å². The minimum absolute atomic E-state index is 0.0630. The van der Waals surface area contributed by atoms with Gasteiger partial charge in [-0.3, -0.25) is 4.79 Å². The van der Waals surface area contributed by atoms with E-state index in [0.29, 0.717) is 12.8 Å². The number of methoxy groups -OCH3 is 1. The van der Waals surface area contributed by atoms with Gasteiger partial charge in [0.2, 0.25) is 0 Å². The quantitative estimate of drug-likeness (QED) is 0.285. The summed E-state index contributed by atoms with van der Waals surface area (Å²) in [6.07, 6.45) is 3.86. The van der Waals surface area contributed by atoms with Crippen LogP contribution in [-0.2, 0) is 28.6 Å². The highest BCUT2D eigenvalue weighted by Gasteiger charge is 2.22. The Morgan fingerprint density at radius 2 is 1.82 bits per heavy atom. The standard InChI is InChI=1S/C15H22O7/c1-5-7-12(15(19)20-4)8-6-9-21-14(18)11(3)22-13(17)10(2)16/h1,10-12,16H,6-9H2,2-4H3/t10?,11?,12-/m1/s1. The van der Waals surface area contributed by atoms with E-state index in [1.807, 2.05) is 0 Å². The summed E-state index contributed by atoms with van der Waals surface area (Å²) < 4.78 is 14.2. The molecule has 0 saturated carbocycles. The zero-order chi connectivity index (χ0) is 17.1. The Kier molecular flexibility index (Phi) is 9.63.